The van der Waals surface area contributed by atoms with E-state index >= 15 is 0 Å². The first-order valence-electron chi connectivity index (χ1n) is 9.33. The number of nitrogens with zero attached hydrogens (tertiary/aromatic N) is 3. The van der Waals surface area contributed by atoms with E-state index in [0.717, 1.165) is 16.8 Å². The lowest BCUT2D eigenvalue weighted by atomic mass is 10.1. The SMILES string of the molecule is Cc1cccc(C)c1OCC(=O)N/N=C/c1cc(N=Nc2ccccc2)ccc1O. The first-order valence-corrected chi connectivity index (χ1v) is 9.33. The molecule has 7 heteroatoms. The molecular weight excluding hydrogens is 380 g/mol. The Hall–Kier alpha value is -4.00. The van der Waals surface area contributed by atoms with Crippen molar-refractivity contribution in [1.29, 1.82) is 0 Å². The molecule has 0 unspecified atom stereocenters. The third-order valence-corrected chi connectivity index (χ3v) is 4.20. The van der Waals surface area contributed by atoms with Gasteiger partial charge in [0.15, 0.2) is 6.61 Å². The van der Waals surface area contributed by atoms with Crippen LogP contribution in [0.2, 0.25) is 0 Å². The van der Waals surface area contributed by atoms with E-state index in [2.05, 4.69) is 20.8 Å². The van der Waals surface area contributed by atoms with Crippen molar-refractivity contribution in [1.82, 2.24) is 5.43 Å². The fraction of sp³-hybridized carbons (Fsp3) is 0.130. The van der Waals surface area contributed by atoms with Gasteiger partial charge in [0.2, 0.25) is 0 Å². The fourth-order valence-corrected chi connectivity index (χ4v) is 2.69. The number of hydrazone groups is 1. The van der Waals surface area contributed by atoms with Gasteiger partial charge in [0.1, 0.15) is 11.5 Å². The highest BCUT2D eigenvalue weighted by atomic mass is 16.5. The van der Waals surface area contributed by atoms with Gasteiger partial charge < -0.3 is 9.84 Å². The van der Waals surface area contributed by atoms with E-state index in [4.69, 9.17) is 4.74 Å². The van der Waals surface area contributed by atoms with Gasteiger partial charge >= 0.3 is 0 Å². The van der Waals surface area contributed by atoms with Crippen molar-refractivity contribution in [3.63, 3.8) is 0 Å². The molecular formula is C23H22N4O3. The summed E-state index contributed by atoms with van der Waals surface area (Å²) in [5.41, 5.74) is 5.96. The monoisotopic (exact) mass is 402 g/mol. The lowest BCUT2D eigenvalue weighted by Gasteiger charge is -2.10. The first kappa shape index (κ1) is 20.7. The molecule has 0 saturated heterocycles. The number of carbonyl (C=O) groups is 1. The van der Waals surface area contributed by atoms with E-state index in [-0.39, 0.29) is 12.4 Å². The molecule has 3 aromatic rings. The number of benzene rings is 3. The predicted octanol–water partition coefficient (Wildman–Crippen LogP) is 4.95. The minimum absolute atomic E-state index is 0.0124. The highest BCUT2D eigenvalue weighted by molar-refractivity contribution is 5.86. The summed E-state index contributed by atoms with van der Waals surface area (Å²) in [6, 6.07) is 19.8. The van der Waals surface area contributed by atoms with E-state index in [1.807, 2.05) is 62.4 Å². The maximum absolute atomic E-state index is 12.0. The van der Waals surface area contributed by atoms with Crippen molar-refractivity contribution in [2.75, 3.05) is 6.61 Å². The number of aryl methyl sites for hydroxylation is 2. The Kier molecular flexibility index (Phi) is 6.89. The summed E-state index contributed by atoms with van der Waals surface area (Å²) in [5, 5.41) is 22.2. The Balaban J connectivity index is 1.59. The molecule has 0 spiro atoms. The van der Waals surface area contributed by atoms with Crippen molar-refractivity contribution in [3.05, 3.63) is 83.4 Å². The number of hydrogen-bond donors (Lipinski definition) is 2. The average molecular weight is 402 g/mol. The van der Waals surface area contributed by atoms with Crippen LogP contribution in [0.25, 0.3) is 0 Å². The highest BCUT2D eigenvalue weighted by Crippen LogP contribution is 2.24. The Bertz CT molecular complexity index is 1060. The van der Waals surface area contributed by atoms with Crippen molar-refractivity contribution in [2.45, 2.75) is 13.8 Å². The number of amides is 1. The number of carbonyl (C=O) groups excluding carboxylic acids is 1. The van der Waals surface area contributed by atoms with Crippen molar-refractivity contribution >= 4 is 23.5 Å². The molecule has 30 heavy (non-hydrogen) atoms. The molecule has 0 saturated carbocycles. The van der Waals surface area contributed by atoms with Gasteiger partial charge in [-0.15, -0.1) is 0 Å². The lowest BCUT2D eigenvalue weighted by molar-refractivity contribution is -0.123. The molecule has 0 radical (unpaired) electrons. The van der Waals surface area contributed by atoms with Gasteiger partial charge in [-0.3, -0.25) is 4.79 Å². The number of aromatic hydroxyl groups is 1. The number of phenolic OH excluding ortho intramolecular Hbond substituents is 1. The second kappa shape index (κ2) is 9.97. The van der Waals surface area contributed by atoms with Crippen LogP contribution in [-0.2, 0) is 4.79 Å². The van der Waals surface area contributed by atoms with Gasteiger partial charge in [0.25, 0.3) is 5.91 Å². The molecule has 7 nitrogen and oxygen atoms in total. The van der Waals surface area contributed by atoms with Gasteiger partial charge in [-0.05, 0) is 55.3 Å². The molecule has 0 bridgehead atoms. The van der Waals surface area contributed by atoms with E-state index in [1.165, 1.54) is 12.3 Å². The quantitative estimate of drug-likeness (QED) is 0.332. The van der Waals surface area contributed by atoms with Crippen LogP contribution in [0, 0.1) is 13.8 Å². The van der Waals surface area contributed by atoms with Gasteiger partial charge in [0, 0.05) is 5.56 Å². The van der Waals surface area contributed by atoms with E-state index < -0.39 is 5.91 Å². The second-order valence-corrected chi connectivity index (χ2v) is 6.58. The van der Waals surface area contributed by atoms with E-state index in [9.17, 15) is 9.90 Å². The first-order chi connectivity index (χ1) is 14.5. The van der Waals surface area contributed by atoms with Gasteiger partial charge in [-0.2, -0.15) is 15.3 Å². The summed E-state index contributed by atoms with van der Waals surface area (Å²) in [6.45, 7) is 3.67. The van der Waals surface area contributed by atoms with Crippen LogP contribution >= 0.6 is 0 Å². The summed E-state index contributed by atoms with van der Waals surface area (Å²) in [7, 11) is 0. The molecule has 3 rings (SSSR count). The molecule has 0 heterocycles. The van der Waals surface area contributed by atoms with Crippen LogP contribution in [-0.4, -0.2) is 23.8 Å². The smallest absolute Gasteiger partial charge is 0.277 e. The molecule has 0 aliphatic rings. The molecule has 0 aliphatic carbocycles. The molecule has 0 aromatic heterocycles. The highest BCUT2D eigenvalue weighted by Gasteiger charge is 2.07. The average Bonchev–Trinajstić information content (AvgIpc) is 2.74. The van der Waals surface area contributed by atoms with Crippen LogP contribution in [0.4, 0.5) is 11.4 Å². The fourth-order valence-electron chi connectivity index (χ4n) is 2.69. The molecule has 1 amide bonds. The minimum Gasteiger partial charge on any atom is -0.507 e. The number of ether oxygens (including phenoxy) is 1. The minimum atomic E-state index is -0.409. The molecule has 0 atom stereocenters. The summed E-state index contributed by atoms with van der Waals surface area (Å²) in [5.74, 6) is 0.289. The molecule has 0 fully saturated rings. The van der Waals surface area contributed by atoms with Crippen molar-refractivity contribution in [3.8, 4) is 11.5 Å². The zero-order chi connectivity index (χ0) is 21.3. The number of rotatable bonds is 7. The normalized spacial score (nSPS) is 11.1. The van der Waals surface area contributed by atoms with Gasteiger partial charge in [-0.25, -0.2) is 5.43 Å². The Morgan fingerprint density at radius 3 is 2.40 bits per heavy atom. The van der Waals surface area contributed by atoms with Gasteiger partial charge in [-0.1, -0.05) is 36.4 Å². The summed E-state index contributed by atoms with van der Waals surface area (Å²) < 4.78 is 5.59. The third kappa shape index (κ3) is 5.75. The zero-order valence-corrected chi connectivity index (χ0v) is 16.7. The maximum Gasteiger partial charge on any atom is 0.277 e. The van der Waals surface area contributed by atoms with Crippen LogP contribution < -0.4 is 10.2 Å². The predicted molar refractivity (Wildman–Crippen MR) is 116 cm³/mol. The summed E-state index contributed by atoms with van der Waals surface area (Å²) in [4.78, 5) is 12.0. The van der Waals surface area contributed by atoms with Crippen molar-refractivity contribution in [2.24, 2.45) is 15.3 Å². The molecule has 3 aromatic carbocycles. The second-order valence-electron chi connectivity index (χ2n) is 6.58. The summed E-state index contributed by atoms with van der Waals surface area (Å²) in [6.07, 6.45) is 1.34. The molecule has 152 valence electrons. The van der Waals surface area contributed by atoms with Crippen molar-refractivity contribution < 1.29 is 14.6 Å². The standard InChI is InChI=1S/C23H22N4O3/c1-16-7-6-8-17(2)23(16)30-15-22(29)27-24-14-18-13-20(11-12-21(18)28)26-25-19-9-4-3-5-10-19/h3-14,28H,15H2,1-2H3,(H,27,29)/b24-14+,26-25?. The molecule has 2 N–H and O–H groups in total. The number of azo groups is 1. The number of para-hydroxylation sites is 1. The number of phenols is 1. The zero-order valence-electron chi connectivity index (χ0n) is 16.7. The Morgan fingerprint density at radius 2 is 1.67 bits per heavy atom. The van der Waals surface area contributed by atoms with Crippen LogP contribution in [0.15, 0.2) is 82.1 Å². The van der Waals surface area contributed by atoms with E-state index in [0.29, 0.717) is 17.0 Å². The largest absolute Gasteiger partial charge is 0.507 e. The molecule has 0 aliphatic heterocycles. The lowest BCUT2D eigenvalue weighted by Crippen LogP contribution is -2.25. The Morgan fingerprint density at radius 1 is 0.967 bits per heavy atom. The van der Waals surface area contributed by atoms with Crippen LogP contribution in [0.3, 0.4) is 0 Å². The third-order valence-electron chi connectivity index (χ3n) is 4.20. The maximum atomic E-state index is 12.0. The number of nitrogens with one attached hydrogen (secondary N) is 1. The van der Waals surface area contributed by atoms with Crippen LogP contribution in [0.5, 0.6) is 11.5 Å². The Labute approximate surface area is 174 Å². The van der Waals surface area contributed by atoms with E-state index in [1.54, 1.807) is 12.1 Å². The van der Waals surface area contributed by atoms with Crippen LogP contribution in [0.1, 0.15) is 16.7 Å². The number of hydrogen-bond acceptors (Lipinski definition) is 6. The summed E-state index contributed by atoms with van der Waals surface area (Å²) >= 11 is 0. The van der Waals surface area contributed by atoms with Gasteiger partial charge in [0.05, 0.1) is 17.6 Å². The topological polar surface area (TPSA) is 95.6 Å².